The molecule has 0 radical (unpaired) electrons. The van der Waals surface area contributed by atoms with Gasteiger partial charge in [0.1, 0.15) is 22.1 Å². The average molecular weight is 513 g/mol. The molecule has 2 aromatic heterocycles. The fraction of sp³-hybridized carbons (Fsp3) is 0.0690. The van der Waals surface area contributed by atoms with E-state index in [1.54, 1.807) is 30.7 Å². The lowest BCUT2D eigenvalue weighted by Gasteiger charge is -2.12. The molecule has 0 spiro atoms. The Labute approximate surface area is 216 Å². The molecule has 5 rings (SSSR count). The predicted molar refractivity (Wildman–Crippen MR) is 143 cm³/mol. The lowest BCUT2D eigenvalue weighted by atomic mass is 10.0. The van der Waals surface area contributed by atoms with Crippen LogP contribution in [-0.4, -0.2) is 31.1 Å². The quantitative estimate of drug-likeness (QED) is 0.253. The van der Waals surface area contributed by atoms with Crippen molar-refractivity contribution in [1.82, 2.24) is 4.98 Å². The highest BCUT2D eigenvalue weighted by Gasteiger charge is 2.24. The highest BCUT2D eigenvalue weighted by Crippen LogP contribution is 2.37. The summed E-state index contributed by atoms with van der Waals surface area (Å²) in [5.74, 6) is -0.718. The zero-order chi connectivity index (χ0) is 25.9. The van der Waals surface area contributed by atoms with Gasteiger partial charge in [0.25, 0.3) is 5.91 Å². The number of para-hydroxylation sites is 1. The summed E-state index contributed by atoms with van der Waals surface area (Å²) < 4.78 is 23.8. The van der Waals surface area contributed by atoms with Crippen molar-refractivity contribution in [1.29, 1.82) is 0 Å². The highest BCUT2D eigenvalue weighted by molar-refractivity contribution is 7.15. The first kappa shape index (κ1) is 24.1. The van der Waals surface area contributed by atoms with E-state index >= 15 is 0 Å². The number of hydrogen-bond acceptors (Lipinski definition) is 6. The number of methoxy groups -OCH3 is 2. The van der Waals surface area contributed by atoms with Gasteiger partial charge in [0.2, 0.25) is 0 Å². The summed E-state index contributed by atoms with van der Waals surface area (Å²) in [5.41, 5.74) is 3.84. The maximum atomic E-state index is 13.6. The number of hydrogen-bond donors (Lipinski definition) is 1. The van der Waals surface area contributed by atoms with Crippen LogP contribution in [0.2, 0.25) is 0 Å². The molecule has 2 heterocycles. The van der Waals surface area contributed by atoms with Gasteiger partial charge in [-0.05, 0) is 42.0 Å². The van der Waals surface area contributed by atoms with Gasteiger partial charge in [0.05, 0.1) is 31.0 Å². The molecular weight excluding hydrogens is 491 g/mol. The molecule has 0 aliphatic rings. The van der Waals surface area contributed by atoms with Crippen LogP contribution in [0.1, 0.15) is 20.7 Å². The van der Waals surface area contributed by atoms with E-state index in [1.807, 2.05) is 48.5 Å². The number of amides is 1. The molecule has 0 atom stereocenters. The standard InChI is InChI=1S/C29H21FN2O4S/c1-35-20-7-5-6-18(14-20)25-15-22(21-8-3-4-9-24(21)31-25)27(33)32-28-26(29(34)36-2)23(16-37-28)17-10-12-19(30)13-11-17/h3-16H,1-2H3,(H,32,33). The monoisotopic (exact) mass is 512 g/mol. The molecule has 184 valence electrons. The molecule has 1 N–H and O–H groups in total. The van der Waals surface area contributed by atoms with Crippen molar-refractivity contribution in [3.8, 4) is 28.1 Å². The molecule has 0 saturated heterocycles. The summed E-state index contributed by atoms with van der Waals surface area (Å²) >= 11 is 1.19. The Morgan fingerprint density at radius 2 is 1.70 bits per heavy atom. The lowest BCUT2D eigenvalue weighted by molar-refractivity contribution is 0.0603. The van der Waals surface area contributed by atoms with Crippen LogP contribution in [0.5, 0.6) is 5.75 Å². The van der Waals surface area contributed by atoms with Gasteiger partial charge >= 0.3 is 5.97 Å². The molecule has 37 heavy (non-hydrogen) atoms. The number of carbonyl (C=O) groups is 2. The van der Waals surface area contributed by atoms with Gasteiger partial charge in [-0.2, -0.15) is 0 Å². The minimum Gasteiger partial charge on any atom is -0.497 e. The number of nitrogens with zero attached hydrogens (tertiary/aromatic N) is 1. The van der Waals surface area contributed by atoms with Gasteiger partial charge in [-0.25, -0.2) is 14.2 Å². The van der Waals surface area contributed by atoms with Crippen LogP contribution in [0, 0.1) is 5.82 Å². The third-order valence-electron chi connectivity index (χ3n) is 5.89. The fourth-order valence-electron chi connectivity index (χ4n) is 4.06. The normalized spacial score (nSPS) is 10.8. The second kappa shape index (κ2) is 10.2. The number of anilines is 1. The van der Waals surface area contributed by atoms with E-state index < -0.39 is 11.9 Å². The molecule has 1 amide bonds. The fourth-order valence-corrected chi connectivity index (χ4v) is 5.01. The van der Waals surface area contributed by atoms with Gasteiger partial charge in [-0.15, -0.1) is 11.3 Å². The Kier molecular flexibility index (Phi) is 6.66. The van der Waals surface area contributed by atoms with Crippen LogP contribution < -0.4 is 10.1 Å². The summed E-state index contributed by atoms with van der Waals surface area (Å²) in [6, 6.07) is 22.3. The van der Waals surface area contributed by atoms with E-state index in [1.165, 1.54) is 30.6 Å². The number of aromatic nitrogens is 1. The van der Waals surface area contributed by atoms with Crippen molar-refractivity contribution in [3.05, 3.63) is 101 Å². The number of benzene rings is 3. The molecule has 0 bridgehead atoms. The van der Waals surface area contributed by atoms with Crippen molar-refractivity contribution in [2.45, 2.75) is 0 Å². The molecule has 0 saturated carbocycles. The van der Waals surface area contributed by atoms with E-state index in [4.69, 9.17) is 14.5 Å². The number of fused-ring (bicyclic) bond motifs is 1. The van der Waals surface area contributed by atoms with Crippen molar-refractivity contribution >= 4 is 39.1 Å². The summed E-state index contributed by atoms with van der Waals surface area (Å²) in [4.78, 5) is 31.1. The minimum absolute atomic E-state index is 0.207. The number of pyridine rings is 1. The number of ether oxygens (including phenoxy) is 2. The summed E-state index contributed by atoms with van der Waals surface area (Å²) in [5, 5.41) is 5.63. The predicted octanol–water partition coefficient (Wildman–Crippen LogP) is 6.82. The Morgan fingerprint density at radius 1 is 0.919 bits per heavy atom. The van der Waals surface area contributed by atoms with Gasteiger partial charge in [-0.3, -0.25) is 4.79 Å². The molecule has 3 aromatic carbocycles. The number of halogens is 1. The second-order valence-corrected chi connectivity index (χ2v) is 8.99. The van der Waals surface area contributed by atoms with Crippen molar-refractivity contribution in [2.75, 3.05) is 19.5 Å². The van der Waals surface area contributed by atoms with Crippen LogP contribution in [0.3, 0.4) is 0 Å². The van der Waals surface area contributed by atoms with Crippen molar-refractivity contribution in [3.63, 3.8) is 0 Å². The number of thiophene rings is 1. The third-order valence-corrected chi connectivity index (χ3v) is 6.78. The first-order valence-corrected chi connectivity index (χ1v) is 12.2. The van der Waals surface area contributed by atoms with Gasteiger partial charge in [0.15, 0.2) is 0 Å². The third kappa shape index (κ3) is 4.79. The number of rotatable bonds is 6. The zero-order valence-electron chi connectivity index (χ0n) is 19.9. The Balaban J connectivity index is 1.58. The van der Waals surface area contributed by atoms with Crippen molar-refractivity contribution < 1.29 is 23.5 Å². The van der Waals surface area contributed by atoms with E-state index in [0.29, 0.717) is 44.0 Å². The maximum Gasteiger partial charge on any atom is 0.341 e. The first-order valence-electron chi connectivity index (χ1n) is 11.3. The topological polar surface area (TPSA) is 77.5 Å². The first-order chi connectivity index (χ1) is 18.0. The molecule has 0 fully saturated rings. The average Bonchev–Trinajstić information content (AvgIpc) is 3.35. The number of nitrogens with one attached hydrogen (secondary N) is 1. The zero-order valence-corrected chi connectivity index (χ0v) is 20.8. The van der Waals surface area contributed by atoms with Crippen LogP contribution in [0.4, 0.5) is 9.39 Å². The highest BCUT2D eigenvalue weighted by atomic mass is 32.1. The van der Waals surface area contributed by atoms with E-state index in [2.05, 4.69) is 5.32 Å². The van der Waals surface area contributed by atoms with Gasteiger partial charge < -0.3 is 14.8 Å². The number of esters is 1. The Morgan fingerprint density at radius 3 is 2.46 bits per heavy atom. The Hall–Kier alpha value is -4.56. The molecule has 8 heteroatoms. The van der Waals surface area contributed by atoms with Crippen LogP contribution in [-0.2, 0) is 4.74 Å². The minimum atomic E-state index is -0.604. The van der Waals surface area contributed by atoms with Gasteiger partial charge in [-0.1, -0.05) is 42.5 Å². The molecule has 0 aliphatic carbocycles. The SMILES string of the molecule is COC(=O)c1c(-c2ccc(F)cc2)csc1NC(=O)c1cc(-c2cccc(OC)c2)nc2ccccc12. The molecule has 0 aliphatic heterocycles. The summed E-state index contributed by atoms with van der Waals surface area (Å²) in [6.45, 7) is 0. The molecule has 0 unspecified atom stereocenters. The summed E-state index contributed by atoms with van der Waals surface area (Å²) in [7, 11) is 2.86. The maximum absolute atomic E-state index is 13.6. The second-order valence-electron chi connectivity index (χ2n) is 8.11. The van der Waals surface area contributed by atoms with Crippen LogP contribution >= 0.6 is 11.3 Å². The summed E-state index contributed by atoms with van der Waals surface area (Å²) in [6.07, 6.45) is 0. The number of carbonyl (C=O) groups excluding carboxylic acids is 2. The van der Waals surface area contributed by atoms with Crippen molar-refractivity contribution in [2.24, 2.45) is 0 Å². The van der Waals surface area contributed by atoms with Crippen LogP contribution in [0.25, 0.3) is 33.3 Å². The van der Waals surface area contributed by atoms with E-state index in [0.717, 1.165) is 5.56 Å². The smallest absolute Gasteiger partial charge is 0.341 e. The van der Waals surface area contributed by atoms with E-state index in [9.17, 15) is 14.0 Å². The largest absolute Gasteiger partial charge is 0.497 e. The molecular formula is C29H21FN2O4S. The molecule has 6 nitrogen and oxygen atoms in total. The van der Waals surface area contributed by atoms with Crippen LogP contribution in [0.15, 0.2) is 84.2 Å². The van der Waals surface area contributed by atoms with E-state index in [-0.39, 0.29) is 11.4 Å². The van der Waals surface area contributed by atoms with Gasteiger partial charge in [0, 0.05) is 21.9 Å². The lowest BCUT2D eigenvalue weighted by Crippen LogP contribution is -2.15. The Bertz CT molecular complexity index is 1630. The molecule has 5 aromatic rings.